The van der Waals surface area contributed by atoms with Crippen LogP contribution in [0.1, 0.15) is 29.7 Å². The predicted molar refractivity (Wildman–Crippen MR) is 205 cm³/mol. The van der Waals surface area contributed by atoms with E-state index in [0.717, 1.165) is 96.8 Å². The fourth-order valence-corrected chi connectivity index (χ4v) is 9.45. The second kappa shape index (κ2) is 10.4. The quantitative estimate of drug-likeness (QED) is 0.192. The van der Waals surface area contributed by atoms with Gasteiger partial charge in [0.25, 0.3) is 0 Å². The zero-order valence-corrected chi connectivity index (χ0v) is 27.4. The lowest BCUT2D eigenvalue weighted by molar-refractivity contribution is 0.674. The van der Waals surface area contributed by atoms with E-state index in [4.69, 9.17) is 14.4 Å². The first-order valence-corrected chi connectivity index (χ1v) is 17.9. The fourth-order valence-electron chi connectivity index (χ4n) is 8.14. The molecule has 0 saturated heterocycles. The summed E-state index contributed by atoms with van der Waals surface area (Å²) < 4.78 is 10.6. The number of allylic oxidation sites excluding steroid dienone is 1. The second-order valence-electron chi connectivity index (χ2n) is 13.1. The number of hydrogen-bond acceptors (Lipinski definition) is 4. The number of benzene rings is 5. The average Bonchev–Trinajstić information content (AvgIpc) is 3.84. The molecule has 5 heteroatoms. The van der Waals surface area contributed by atoms with E-state index in [9.17, 15) is 0 Å². The maximum atomic E-state index is 7.07. The van der Waals surface area contributed by atoms with E-state index in [1.165, 1.54) is 26.1 Å². The molecule has 2 aliphatic rings. The first-order valence-electron chi connectivity index (χ1n) is 17.0. The van der Waals surface area contributed by atoms with Crippen LogP contribution in [0.15, 0.2) is 114 Å². The molecule has 9 aromatic rings. The number of rotatable bonds is 3. The molecule has 4 aromatic heterocycles. The van der Waals surface area contributed by atoms with Crippen molar-refractivity contribution < 1.29 is 4.42 Å². The van der Waals surface area contributed by atoms with E-state index < -0.39 is 0 Å². The number of hydrogen-bond donors (Lipinski definition) is 0. The Morgan fingerprint density at radius 1 is 0.633 bits per heavy atom. The van der Waals surface area contributed by atoms with Crippen molar-refractivity contribution >= 4 is 83.4 Å². The summed E-state index contributed by atoms with van der Waals surface area (Å²) in [4.78, 5) is 11.9. The highest BCUT2D eigenvalue weighted by Gasteiger charge is 2.23. The number of nitrogens with zero attached hydrogens (tertiary/aromatic N) is 3. The number of para-hydroxylation sites is 2. The summed E-state index contributed by atoms with van der Waals surface area (Å²) in [6, 6.07) is 36.8. The molecule has 0 amide bonds. The van der Waals surface area contributed by atoms with Gasteiger partial charge in [-0.1, -0.05) is 103 Å². The van der Waals surface area contributed by atoms with Crippen molar-refractivity contribution in [2.75, 3.05) is 0 Å². The highest BCUT2D eigenvalue weighted by Crippen LogP contribution is 2.46. The maximum Gasteiger partial charge on any atom is 0.235 e. The van der Waals surface area contributed by atoms with Crippen molar-refractivity contribution in [2.45, 2.75) is 25.7 Å². The van der Waals surface area contributed by atoms with Gasteiger partial charge in [0.15, 0.2) is 0 Å². The Morgan fingerprint density at radius 3 is 2.37 bits per heavy atom. The van der Waals surface area contributed by atoms with Crippen LogP contribution < -0.4 is 10.6 Å². The second-order valence-corrected chi connectivity index (χ2v) is 14.1. The van der Waals surface area contributed by atoms with Crippen molar-refractivity contribution in [1.82, 2.24) is 14.5 Å². The summed E-state index contributed by atoms with van der Waals surface area (Å²) in [5, 5.41) is 7.94. The lowest BCUT2D eigenvalue weighted by Crippen LogP contribution is -2.34. The Kier molecular flexibility index (Phi) is 5.75. The van der Waals surface area contributed by atoms with Crippen molar-refractivity contribution in [3.63, 3.8) is 0 Å². The summed E-state index contributed by atoms with van der Waals surface area (Å²) in [6.07, 6.45) is 13.3. The summed E-state index contributed by atoms with van der Waals surface area (Å²) in [5.74, 6) is 0.675. The molecule has 0 unspecified atom stereocenters. The third-order valence-electron chi connectivity index (χ3n) is 10.3. The number of aryl methyl sites for hydroxylation is 1. The molecule has 0 bridgehead atoms. The highest BCUT2D eigenvalue weighted by molar-refractivity contribution is 7.20. The largest absolute Gasteiger partial charge is 0.455 e. The molecule has 2 aliphatic carbocycles. The molecule has 0 fully saturated rings. The fraction of sp³-hybridized carbons (Fsp3) is 0.0909. The molecule has 11 rings (SSSR count). The highest BCUT2D eigenvalue weighted by atomic mass is 32.1. The Balaban J connectivity index is 1.20. The van der Waals surface area contributed by atoms with E-state index in [1.54, 1.807) is 0 Å². The van der Waals surface area contributed by atoms with Gasteiger partial charge in [-0.05, 0) is 60.9 Å². The van der Waals surface area contributed by atoms with Crippen LogP contribution in [0.5, 0.6) is 0 Å². The summed E-state index contributed by atoms with van der Waals surface area (Å²) in [5.41, 5.74) is 9.84. The summed E-state index contributed by atoms with van der Waals surface area (Å²) >= 11 is 1.90. The lowest BCUT2D eigenvalue weighted by Gasteiger charge is -2.11. The van der Waals surface area contributed by atoms with Crippen LogP contribution in [0, 0.1) is 0 Å². The SMILES string of the molecule is C1=Cc2sc3c(-c4cccc5c4oc4c5ccc5c4c4ccccc4n5-c4nc(-c5ccccc5)c5c(n4)=CCCC=5)cccc3c2CC1. The van der Waals surface area contributed by atoms with E-state index >= 15 is 0 Å². The molecular weight excluding hydrogens is 619 g/mol. The average molecular weight is 648 g/mol. The van der Waals surface area contributed by atoms with Crippen LogP contribution in [-0.2, 0) is 6.42 Å². The molecule has 0 aliphatic heterocycles. The third kappa shape index (κ3) is 3.91. The van der Waals surface area contributed by atoms with Gasteiger partial charge in [-0.15, -0.1) is 11.3 Å². The Labute approximate surface area is 285 Å². The van der Waals surface area contributed by atoms with E-state index in [1.807, 2.05) is 11.3 Å². The number of fused-ring (bicyclic) bond motifs is 11. The van der Waals surface area contributed by atoms with Crippen molar-refractivity contribution in [3.8, 4) is 28.3 Å². The van der Waals surface area contributed by atoms with Crippen LogP contribution in [0.25, 0.3) is 100 Å². The first-order chi connectivity index (χ1) is 24.3. The van der Waals surface area contributed by atoms with E-state index in [-0.39, 0.29) is 0 Å². The number of aromatic nitrogens is 3. The first kappa shape index (κ1) is 27.2. The molecule has 4 nitrogen and oxygen atoms in total. The molecule has 49 heavy (non-hydrogen) atoms. The van der Waals surface area contributed by atoms with Gasteiger partial charge in [0.05, 0.1) is 27.5 Å². The molecule has 0 radical (unpaired) electrons. The Hall–Kier alpha value is -5.78. The van der Waals surface area contributed by atoms with Gasteiger partial charge in [-0.25, -0.2) is 9.97 Å². The smallest absolute Gasteiger partial charge is 0.235 e. The van der Waals surface area contributed by atoms with E-state index in [0.29, 0.717) is 5.95 Å². The molecule has 0 N–H and O–H groups in total. The lowest BCUT2D eigenvalue weighted by atomic mass is 9.97. The third-order valence-corrected chi connectivity index (χ3v) is 11.6. The topological polar surface area (TPSA) is 43.9 Å². The molecule has 0 atom stereocenters. The van der Waals surface area contributed by atoms with Gasteiger partial charge in [0.1, 0.15) is 11.2 Å². The van der Waals surface area contributed by atoms with Gasteiger partial charge in [-0.2, -0.15) is 0 Å². The molecular formula is C44H29N3OS. The predicted octanol–water partition coefficient (Wildman–Crippen LogP) is 10.3. The van der Waals surface area contributed by atoms with Crippen LogP contribution in [0.2, 0.25) is 0 Å². The maximum absolute atomic E-state index is 7.07. The minimum Gasteiger partial charge on any atom is -0.455 e. The van der Waals surface area contributed by atoms with Crippen LogP contribution in [0.3, 0.4) is 0 Å². The van der Waals surface area contributed by atoms with Crippen molar-refractivity contribution in [3.05, 3.63) is 130 Å². The Morgan fingerprint density at radius 2 is 1.43 bits per heavy atom. The van der Waals surface area contributed by atoms with Gasteiger partial charge < -0.3 is 4.42 Å². The standard InChI is InChI=1S/C44H29N3OS/c1-2-12-26(13-3-1)40-33-15-4-7-21-35(33)45-44(46-40)47-36-22-8-5-16-34(36)39-37(47)25-24-30-28-17-10-18-29(41(28)48-42(30)39)32-20-11-19-31-27-14-6-9-23-38(27)49-43(31)32/h1-3,5,8-13,15-25H,4,6-7,14H2. The monoisotopic (exact) mass is 647 g/mol. The van der Waals surface area contributed by atoms with Crippen LogP contribution >= 0.6 is 11.3 Å². The van der Waals surface area contributed by atoms with Gasteiger partial charge in [-0.3, -0.25) is 4.57 Å². The molecule has 0 saturated carbocycles. The van der Waals surface area contributed by atoms with Crippen molar-refractivity contribution in [1.29, 1.82) is 0 Å². The van der Waals surface area contributed by atoms with Gasteiger partial charge >= 0.3 is 0 Å². The molecule has 0 spiro atoms. The minimum atomic E-state index is 0.675. The molecule has 5 aromatic carbocycles. The van der Waals surface area contributed by atoms with Crippen molar-refractivity contribution in [2.24, 2.45) is 0 Å². The zero-order valence-electron chi connectivity index (χ0n) is 26.6. The minimum absolute atomic E-state index is 0.675. The summed E-state index contributed by atoms with van der Waals surface area (Å²) in [6.45, 7) is 0. The molecule has 232 valence electrons. The normalized spacial score (nSPS) is 14.0. The summed E-state index contributed by atoms with van der Waals surface area (Å²) in [7, 11) is 0. The number of furan rings is 1. The molecule has 4 heterocycles. The number of thiophene rings is 1. The Bertz CT molecular complexity index is 3000. The van der Waals surface area contributed by atoms with Gasteiger partial charge in [0, 0.05) is 47.6 Å². The van der Waals surface area contributed by atoms with E-state index in [2.05, 4.69) is 132 Å². The van der Waals surface area contributed by atoms with Gasteiger partial charge in [0.2, 0.25) is 5.95 Å². The van der Waals surface area contributed by atoms with Crippen LogP contribution in [0.4, 0.5) is 0 Å². The zero-order chi connectivity index (χ0) is 32.1. The van der Waals surface area contributed by atoms with Crippen LogP contribution in [-0.4, -0.2) is 14.5 Å².